The maximum absolute atomic E-state index is 13.4. The van der Waals surface area contributed by atoms with Gasteiger partial charge in [0.15, 0.2) is 5.78 Å². The fourth-order valence-corrected chi connectivity index (χ4v) is 5.15. The number of nitrogens with zero attached hydrogens (tertiary/aromatic N) is 5. The van der Waals surface area contributed by atoms with Crippen LogP contribution in [-0.4, -0.2) is 59.9 Å². The molecule has 2 N–H and O–H groups in total. The number of aromatic nitrogens is 1. The van der Waals surface area contributed by atoms with Crippen LogP contribution in [0.4, 0.5) is 10.5 Å². The number of benzene rings is 1. The molecule has 10 heteroatoms. The molecular formula is C21H23N7O2S. The monoisotopic (exact) mass is 437 g/mol. The molecule has 1 aromatic heterocycles. The van der Waals surface area contributed by atoms with Crippen LogP contribution >= 0.6 is 11.3 Å². The smallest absolute Gasteiger partial charge is 0.306 e. The van der Waals surface area contributed by atoms with Crippen LogP contribution in [0.25, 0.3) is 5.70 Å². The Labute approximate surface area is 183 Å². The number of nitrogens with one attached hydrogen (secondary N) is 2. The molecule has 31 heavy (non-hydrogen) atoms. The van der Waals surface area contributed by atoms with Gasteiger partial charge in [0.25, 0.3) is 0 Å². The molecule has 2 amide bonds. The molecule has 9 nitrogen and oxygen atoms in total. The molecule has 1 aromatic carbocycles. The third-order valence-electron chi connectivity index (χ3n) is 5.79. The second-order valence-electron chi connectivity index (χ2n) is 7.98. The molecular weight excluding hydrogens is 414 g/mol. The van der Waals surface area contributed by atoms with Crippen molar-refractivity contribution in [3.05, 3.63) is 50.5 Å². The number of Topliss-reactive ketones (excluding diaryl/α,β-unsaturated/α-hetero) is 1. The van der Waals surface area contributed by atoms with E-state index < -0.39 is 6.04 Å². The predicted octanol–water partition coefficient (Wildman–Crippen LogP) is 3.16. The van der Waals surface area contributed by atoms with Gasteiger partial charge in [-0.15, -0.1) is 11.3 Å². The lowest BCUT2D eigenvalue weighted by molar-refractivity contribution is 0.103. The van der Waals surface area contributed by atoms with Gasteiger partial charge in [-0.1, -0.05) is 12.1 Å². The van der Waals surface area contributed by atoms with Crippen molar-refractivity contribution in [3.8, 4) is 0 Å². The van der Waals surface area contributed by atoms with Crippen molar-refractivity contribution < 1.29 is 9.59 Å². The van der Waals surface area contributed by atoms with Crippen LogP contribution in [0.1, 0.15) is 37.5 Å². The molecule has 160 valence electrons. The summed E-state index contributed by atoms with van der Waals surface area (Å²) in [6.07, 6.45) is 0. The molecule has 2 aliphatic heterocycles. The van der Waals surface area contributed by atoms with E-state index in [1.54, 1.807) is 6.07 Å². The van der Waals surface area contributed by atoms with Gasteiger partial charge in [0.2, 0.25) is 0 Å². The Morgan fingerprint density at radius 1 is 1.19 bits per heavy atom. The van der Waals surface area contributed by atoms with Crippen molar-refractivity contribution in [2.24, 2.45) is 10.2 Å². The molecule has 0 radical (unpaired) electrons. The van der Waals surface area contributed by atoms with E-state index in [9.17, 15) is 9.59 Å². The fraction of sp³-hybridized carbons (Fsp3) is 0.381. The second-order valence-corrected chi connectivity index (χ2v) is 9.19. The number of thiazole rings is 1. The summed E-state index contributed by atoms with van der Waals surface area (Å²) < 4.78 is 0. The average molecular weight is 438 g/mol. The van der Waals surface area contributed by atoms with Gasteiger partial charge >= 0.3 is 6.03 Å². The first kappa shape index (κ1) is 20.0. The highest BCUT2D eigenvalue weighted by molar-refractivity contribution is 7.12. The van der Waals surface area contributed by atoms with Crippen LogP contribution in [0.2, 0.25) is 0 Å². The highest BCUT2D eigenvalue weighted by atomic mass is 32.1. The molecule has 1 saturated heterocycles. The van der Waals surface area contributed by atoms with Gasteiger partial charge in [-0.25, -0.2) is 14.8 Å². The van der Waals surface area contributed by atoms with Gasteiger partial charge in [-0.3, -0.25) is 10.2 Å². The van der Waals surface area contributed by atoms with E-state index in [-0.39, 0.29) is 11.8 Å². The quantitative estimate of drug-likeness (QED) is 0.768. The number of amides is 2. The first-order chi connectivity index (χ1) is 14.9. The van der Waals surface area contributed by atoms with E-state index in [0.717, 1.165) is 47.3 Å². The number of carbonyl (C=O) groups is 2. The number of likely N-dealkylation sites (N-methyl/N-ethyl adjacent to an activating group) is 1. The highest BCUT2D eigenvalue weighted by Crippen LogP contribution is 2.50. The molecule has 1 unspecified atom stereocenters. The van der Waals surface area contributed by atoms with Crippen molar-refractivity contribution in [2.45, 2.75) is 19.9 Å². The van der Waals surface area contributed by atoms with Crippen LogP contribution in [0.15, 0.2) is 34.0 Å². The maximum Gasteiger partial charge on any atom is 0.333 e. The summed E-state index contributed by atoms with van der Waals surface area (Å²) in [6.45, 7) is 7.13. The van der Waals surface area contributed by atoms with Crippen molar-refractivity contribution >= 4 is 34.5 Å². The summed E-state index contributed by atoms with van der Waals surface area (Å²) in [7, 11) is 2.06. The SMILES string of the molecule is Cc1nc(C)c(C2=C3C(=O)c4c(NC(=O)NN5CCN(C)CC5)cccc4C3N=N2)s1. The fourth-order valence-electron chi connectivity index (χ4n) is 4.23. The summed E-state index contributed by atoms with van der Waals surface area (Å²) in [5, 5.41) is 14.4. The summed E-state index contributed by atoms with van der Waals surface area (Å²) in [5.41, 5.74) is 6.64. The van der Waals surface area contributed by atoms with Crippen molar-refractivity contribution in [2.75, 3.05) is 38.5 Å². The van der Waals surface area contributed by atoms with Gasteiger partial charge in [-0.05, 0) is 32.5 Å². The van der Waals surface area contributed by atoms with E-state index in [1.807, 2.05) is 31.0 Å². The van der Waals surface area contributed by atoms with Gasteiger partial charge in [0, 0.05) is 26.2 Å². The first-order valence-electron chi connectivity index (χ1n) is 10.2. The maximum atomic E-state index is 13.4. The predicted molar refractivity (Wildman–Crippen MR) is 118 cm³/mol. The molecule has 2 aromatic rings. The summed E-state index contributed by atoms with van der Waals surface area (Å²) in [6, 6.07) is 4.67. The Bertz CT molecular complexity index is 1140. The minimum absolute atomic E-state index is 0.138. The van der Waals surface area contributed by atoms with Gasteiger partial charge in [0.1, 0.15) is 11.7 Å². The molecule has 1 atom stereocenters. The zero-order valence-corrected chi connectivity index (χ0v) is 18.4. The van der Waals surface area contributed by atoms with Crippen molar-refractivity contribution in [3.63, 3.8) is 0 Å². The highest BCUT2D eigenvalue weighted by Gasteiger charge is 2.43. The molecule has 1 aliphatic carbocycles. The van der Waals surface area contributed by atoms with Crippen LogP contribution in [0.3, 0.4) is 0 Å². The number of carbonyl (C=O) groups excluding carboxylic acids is 2. The third kappa shape index (κ3) is 3.46. The third-order valence-corrected chi connectivity index (χ3v) is 6.87. The molecule has 3 heterocycles. The molecule has 5 rings (SSSR count). The van der Waals surface area contributed by atoms with Crippen LogP contribution in [0.5, 0.6) is 0 Å². The Morgan fingerprint density at radius 2 is 1.97 bits per heavy atom. The summed E-state index contributed by atoms with van der Waals surface area (Å²) in [5.74, 6) is -0.138. The Hall–Kier alpha value is -2.95. The molecule has 0 spiro atoms. The minimum Gasteiger partial charge on any atom is -0.306 e. The number of ketones is 1. The number of hydrogen-bond donors (Lipinski definition) is 2. The number of urea groups is 1. The van der Waals surface area contributed by atoms with Crippen LogP contribution < -0.4 is 10.7 Å². The number of aryl methyl sites for hydroxylation is 2. The Morgan fingerprint density at radius 3 is 2.68 bits per heavy atom. The number of rotatable bonds is 3. The lowest BCUT2D eigenvalue weighted by Gasteiger charge is -2.32. The molecule has 0 saturated carbocycles. The zero-order valence-electron chi connectivity index (χ0n) is 17.6. The Balaban J connectivity index is 1.42. The largest absolute Gasteiger partial charge is 0.333 e. The minimum atomic E-state index is -0.429. The number of anilines is 1. The van der Waals surface area contributed by atoms with Crippen LogP contribution in [-0.2, 0) is 0 Å². The second kappa shape index (κ2) is 7.63. The van der Waals surface area contributed by atoms with E-state index in [4.69, 9.17) is 0 Å². The normalized spacial score (nSPS) is 20.9. The zero-order chi connectivity index (χ0) is 21.7. The van der Waals surface area contributed by atoms with Crippen LogP contribution in [0, 0.1) is 13.8 Å². The first-order valence-corrected chi connectivity index (χ1v) is 11.0. The molecule has 3 aliphatic rings. The number of fused-ring (bicyclic) bond motifs is 3. The van der Waals surface area contributed by atoms with Gasteiger partial charge < -0.3 is 10.2 Å². The van der Waals surface area contributed by atoms with E-state index in [1.165, 1.54) is 11.3 Å². The lowest BCUT2D eigenvalue weighted by Crippen LogP contribution is -2.53. The van der Waals surface area contributed by atoms with E-state index in [2.05, 4.69) is 37.9 Å². The number of hydrazine groups is 1. The number of azo groups is 1. The van der Waals surface area contributed by atoms with E-state index in [0.29, 0.717) is 22.5 Å². The number of piperazine rings is 1. The molecule has 1 fully saturated rings. The van der Waals surface area contributed by atoms with Crippen molar-refractivity contribution in [1.82, 2.24) is 20.3 Å². The lowest BCUT2D eigenvalue weighted by atomic mass is 10.1. The summed E-state index contributed by atoms with van der Waals surface area (Å²) >= 11 is 1.51. The number of hydrogen-bond acceptors (Lipinski definition) is 8. The molecule has 0 bridgehead atoms. The topological polar surface area (TPSA) is 102 Å². The Kier molecular flexibility index (Phi) is 4.92. The van der Waals surface area contributed by atoms with Gasteiger partial charge in [0.05, 0.1) is 32.4 Å². The average Bonchev–Trinajstić information content (AvgIpc) is 3.38. The van der Waals surface area contributed by atoms with Crippen molar-refractivity contribution in [1.29, 1.82) is 0 Å². The van der Waals surface area contributed by atoms with Gasteiger partial charge in [-0.2, -0.15) is 10.2 Å². The summed E-state index contributed by atoms with van der Waals surface area (Å²) in [4.78, 5) is 33.6. The standard InChI is InChI=1S/C21H23N7O2S/c1-11-20(31-12(2)22-11)18-16-17(24-25-18)13-5-4-6-14(15(13)19(16)29)23-21(30)26-28-9-7-27(3)8-10-28/h4-6,17H,7-10H2,1-3H3,(H2,23,26,30). The van der Waals surface area contributed by atoms with E-state index >= 15 is 0 Å².